The molecule has 2 aliphatic rings. The Morgan fingerprint density at radius 3 is 2.57 bits per heavy atom. The van der Waals surface area contributed by atoms with Gasteiger partial charge in [-0.1, -0.05) is 19.3 Å². The number of aryl methyl sites for hydroxylation is 1. The molecule has 1 aromatic rings. The van der Waals surface area contributed by atoms with E-state index in [-0.39, 0.29) is 11.4 Å². The number of rotatable bonds is 4. The van der Waals surface area contributed by atoms with Crippen LogP contribution < -0.4 is 4.74 Å². The first-order valence-corrected chi connectivity index (χ1v) is 10.0. The monoisotopic (exact) mass is 339 g/mol. The zero-order chi connectivity index (χ0) is 16.3. The summed E-state index contributed by atoms with van der Waals surface area (Å²) in [7, 11) is -3.20. The average Bonchev–Trinajstić information content (AvgIpc) is 2.58. The van der Waals surface area contributed by atoms with Crippen molar-refractivity contribution in [1.82, 2.24) is 14.5 Å². The minimum atomic E-state index is -3.20. The van der Waals surface area contributed by atoms with Crippen molar-refractivity contribution < 1.29 is 13.2 Å². The van der Waals surface area contributed by atoms with Crippen molar-refractivity contribution in [1.29, 1.82) is 0 Å². The largest absolute Gasteiger partial charge is 0.472 e. The molecule has 0 radical (unpaired) electrons. The Morgan fingerprint density at radius 2 is 1.87 bits per heavy atom. The predicted octanol–water partition coefficient (Wildman–Crippen LogP) is 2.29. The van der Waals surface area contributed by atoms with E-state index in [1.807, 2.05) is 13.0 Å². The number of hydrogen-bond donors (Lipinski definition) is 0. The summed E-state index contributed by atoms with van der Waals surface area (Å²) < 4.78 is 33.1. The molecule has 0 spiro atoms. The Hall–Kier alpha value is -1.21. The van der Waals surface area contributed by atoms with Gasteiger partial charge in [-0.05, 0) is 38.7 Å². The summed E-state index contributed by atoms with van der Waals surface area (Å²) in [6.07, 6.45) is 6.35. The van der Waals surface area contributed by atoms with E-state index in [4.69, 9.17) is 4.74 Å². The van der Waals surface area contributed by atoms with Gasteiger partial charge in [0.15, 0.2) is 0 Å². The number of hydrogen-bond acceptors (Lipinski definition) is 5. The number of ether oxygens (including phenoxy) is 1. The van der Waals surface area contributed by atoms with Crippen LogP contribution in [0.4, 0.5) is 0 Å². The number of nitrogens with zero attached hydrogens (tertiary/aromatic N) is 3. The number of sulfonamides is 1. The molecule has 1 atom stereocenters. The zero-order valence-electron chi connectivity index (χ0n) is 13.6. The molecule has 6 nitrogen and oxygen atoms in total. The smallest absolute Gasteiger partial charge is 0.233 e. The minimum Gasteiger partial charge on any atom is -0.472 e. The van der Waals surface area contributed by atoms with Gasteiger partial charge >= 0.3 is 0 Å². The third-order valence-electron chi connectivity index (χ3n) is 4.74. The van der Waals surface area contributed by atoms with Crippen LogP contribution in [0, 0.1) is 6.92 Å². The van der Waals surface area contributed by atoms with Crippen LogP contribution in [0.25, 0.3) is 0 Å². The molecule has 1 saturated carbocycles. The van der Waals surface area contributed by atoms with Crippen molar-refractivity contribution >= 4 is 10.0 Å². The van der Waals surface area contributed by atoms with E-state index >= 15 is 0 Å². The molecule has 1 saturated heterocycles. The third-order valence-corrected chi connectivity index (χ3v) is 7.10. The van der Waals surface area contributed by atoms with Crippen molar-refractivity contribution in [2.24, 2.45) is 0 Å². The number of aromatic nitrogens is 2. The Labute approximate surface area is 138 Å². The summed E-state index contributed by atoms with van der Waals surface area (Å²) in [5, 5.41) is 7.79. The fourth-order valence-electron chi connectivity index (χ4n) is 3.43. The van der Waals surface area contributed by atoms with Crippen LogP contribution in [0.5, 0.6) is 5.88 Å². The zero-order valence-corrected chi connectivity index (χ0v) is 14.5. The van der Waals surface area contributed by atoms with Gasteiger partial charge < -0.3 is 4.74 Å². The van der Waals surface area contributed by atoms with Crippen LogP contribution in [0.2, 0.25) is 0 Å². The highest BCUT2D eigenvalue weighted by Crippen LogP contribution is 2.28. The highest BCUT2D eigenvalue weighted by Gasteiger charge is 2.36. The summed E-state index contributed by atoms with van der Waals surface area (Å²) in [5.74, 6) is 0.470. The molecule has 2 fully saturated rings. The van der Waals surface area contributed by atoms with Crippen LogP contribution >= 0.6 is 0 Å². The Kier molecular flexibility index (Phi) is 5.16. The van der Waals surface area contributed by atoms with Crippen LogP contribution in [-0.2, 0) is 10.0 Å². The van der Waals surface area contributed by atoms with Crippen LogP contribution in [0.1, 0.15) is 50.6 Å². The third kappa shape index (κ3) is 4.01. The molecule has 1 aliphatic carbocycles. The molecule has 23 heavy (non-hydrogen) atoms. The molecule has 1 unspecified atom stereocenters. The highest BCUT2D eigenvalue weighted by molar-refractivity contribution is 7.89. The summed E-state index contributed by atoms with van der Waals surface area (Å²) >= 11 is 0. The first kappa shape index (κ1) is 16.6. The van der Waals surface area contributed by atoms with E-state index in [1.54, 1.807) is 10.4 Å². The van der Waals surface area contributed by atoms with Crippen molar-refractivity contribution in [2.75, 3.05) is 13.1 Å². The molecule has 0 amide bonds. The predicted molar refractivity (Wildman–Crippen MR) is 87.8 cm³/mol. The molecule has 1 aromatic heterocycles. The topological polar surface area (TPSA) is 72.4 Å². The van der Waals surface area contributed by atoms with Crippen LogP contribution in [-0.4, -0.2) is 47.4 Å². The lowest BCUT2D eigenvalue weighted by Crippen LogP contribution is -2.48. The van der Waals surface area contributed by atoms with E-state index in [9.17, 15) is 8.42 Å². The maximum absolute atomic E-state index is 12.8. The molecule has 2 heterocycles. The SMILES string of the molecule is Cc1ccc(OC2CCCN(S(=O)(=O)C3CCCCC3)C2)nn1. The summed E-state index contributed by atoms with van der Waals surface area (Å²) in [6.45, 7) is 2.91. The lowest BCUT2D eigenvalue weighted by Gasteiger charge is -2.35. The van der Waals surface area contributed by atoms with Gasteiger partial charge in [0, 0.05) is 12.6 Å². The van der Waals surface area contributed by atoms with Crippen molar-refractivity contribution in [3.05, 3.63) is 17.8 Å². The van der Waals surface area contributed by atoms with E-state index < -0.39 is 10.0 Å². The lowest BCUT2D eigenvalue weighted by molar-refractivity contribution is 0.122. The minimum absolute atomic E-state index is 0.140. The molecule has 0 aromatic carbocycles. The van der Waals surface area contributed by atoms with Crippen LogP contribution in [0.3, 0.4) is 0 Å². The Bertz CT molecular complexity index is 612. The van der Waals surface area contributed by atoms with Crippen molar-refractivity contribution in [2.45, 2.75) is 63.2 Å². The molecule has 1 aliphatic heterocycles. The fourth-order valence-corrected chi connectivity index (χ4v) is 5.53. The average molecular weight is 339 g/mol. The molecular formula is C16H25N3O3S. The second kappa shape index (κ2) is 7.13. The van der Waals surface area contributed by atoms with Crippen molar-refractivity contribution in [3.63, 3.8) is 0 Å². The van der Waals surface area contributed by atoms with E-state index in [0.717, 1.165) is 50.6 Å². The lowest BCUT2D eigenvalue weighted by atomic mass is 10.0. The first-order valence-electron chi connectivity index (χ1n) is 8.51. The molecular weight excluding hydrogens is 314 g/mol. The Morgan fingerprint density at radius 1 is 1.09 bits per heavy atom. The molecule has 128 valence electrons. The second-order valence-electron chi connectivity index (χ2n) is 6.56. The van der Waals surface area contributed by atoms with Crippen LogP contribution in [0.15, 0.2) is 12.1 Å². The molecule has 7 heteroatoms. The normalized spacial score (nSPS) is 24.5. The van der Waals surface area contributed by atoms with Gasteiger partial charge in [-0.15, -0.1) is 5.10 Å². The van der Waals surface area contributed by atoms with Gasteiger partial charge in [0.1, 0.15) is 6.10 Å². The number of piperidine rings is 1. The molecule has 3 rings (SSSR count). The van der Waals surface area contributed by atoms with E-state index in [2.05, 4.69) is 10.2 Å². The van der Waals surface area contributed by atoms with Gasteiger partial charge in [0.05, 0.1) is 17.5 Å². The summed E-state index contributed by atoms with van der Waals surface area (Å²) in [5.41, 5.74) is 0.836. The summed E-state index contributed by atoms with van der Waals surface area (Å²) in [6, 6.07) is 3.64. The van der Waals surface area contributed by atoms with Gasteiger partial charge in [0.2, 0.25) is 15.9 Å². The van der Waals surface area contributed by atoms with Gasteiger partial charge in [-0.3, -0.25) is 0 Å². The standard InChI is InChI=1S/C16H25N3O3S/c1-13-9-10-16(18-17-13)22-14-6-5-11-19(12-14)23(20,21)15-7-3-2-4-8-15/h9-10,14-15H,2-8,11-12H2,1H3. The quantitative estimate of drug-likeness (QED) is 0.841. The fraction of sp³-hybridized carbons (Fsp3) is 0.750. The molecule has 0 bridgehead atoms. The maximum Gasteiger partial charge on any atom is 0.233 e. The van der Waals surface area contributed by atoms with Gasteiger partial charge in [0.25, 0.3) is 0 Å². The van der Waals surface area contributed by atoms with Gasteiger partial charge in [-0.2, -0.15) is 9.40 Å². The Balaban J connectivity index is 1.64. The second-order valence-corrected chi connectivity index (χ2v) is 8.77. The van der Waals surface area contributed by atoms with Gasteiger partial charge in [-0.25, -0.2) is 8.42 Å². The van der Waals surface area contributed by atoms with E-state index in [1.165, 1.54) is 0 Å². The van der Waals surface area contributed by atoms with E-state index in [0.29, 0.717) is 19.0 Å². The summed E-state index contributed by atoms with van der Waals surface area (Å²) in [4.78, 5) is 0. The van der Waals surface area contributed by atoms with Crippen molar-refractivity contribution in [3.8, 4) is 5.88 Å². The highest BCUT2D eigenvalue weighted by atomic mass is 32.2. The molecule has 0 N–H and O–H groups in total. The first-order chi connectivity index (χ1) is 11.1. The maximum atomic E-state index is 12.8.